The van der Waals surface area contributed by atoms with Gasteiger partial charge in [0.05, 0.1) is 6.61 Å². The van der Waals surface area contributed by atoms with Gasteiger partial charge in [-0.3, -0.25) is 14.1 Å². The summed E-state index contributed by atoms with van der Waals surface area (Å²) >= 11 is 0. The highest BCUT2D eigenvalue weighted by Crippen LogP contribution is 2.35. The molecule has 0 fully saturated rings. The van der Waals surface area contributed by atoms with Crippen LogP contribution in [0.5, 0.6) is 0 Å². The Morgan fingerprint density at radius 3 is 2.06 bits per heavy atom. The summed E-state index contributed by atoms with van der Waals surface area (Å²) in [6.07, 6.45) is 19.9. The number of unbranched alkanes of at least 4 members (excludes halogenated alkanes) is 8. The number of carbonyl (C=O) groups excluding carboxylic acids is 2. The van der Waals surface area contributed by atoms with Crippen molar-refractivity contribution in [3.8, 4) is 0 Å². The average molecular weight is 477 g/mol. The third-order valence-corrected chi connectivity index (χ3v) is 5.02. The molecule has 2 N–H and O–H groups in total. The first-order valence-electron chi connectivity index (χ1n) is 11.6. The summed E-state index contributed by atoms with van der Waals surface area (Å²) in [6, 6.07) is 0. The van der Waals surface area contributed by atoms with Crippen molar-refractivity contribution >= 4 is 19.8 Å². The van der Waals surface area contributed by atoms with Crippen molar-refractivity contribution in [2.45, 2.75) is 97.0 Å². The lowest BCUT2D eigenvalue weighted by molar-refractivity contribution is -0.160. The summed E-state index contributed by atoms with van der Waals surface area (Å²) in [5.74, 6) is -1.10. The number of phosphoric acid groups is 1. The molecule has 0 aliphatic heterocycles. The first-order valence-corrected chi connectivity index (χ1v) is 13.1. The van der Waals surface area contributed by atoms with E-state index in [2.05, 4.69) is 35.8 Å². The molecule has 32 heavy (non-hydrogen) atoms. The second-order valence-corrected chi connectivity index (χ2v) is 8.92. The number of hydrogen-bond acceptors (Lipinski definition) is 6. The first-order chi connectivity index (χ1) is 15.2. The van der Waals surface area contributed by atoms with Crippen LogP contribution >= 0.6 is 7.82 Å². The van der Waals surface area contributed by atoms with E-state index in [4.69, 9.17) is 19.3 Å². The van der Waals surface area contributed by atoms with Gasteiger partial charge in [0, 0.05) is 13.3 Å². The van der Waals surface area contributed by atoms with Gasteiger partial charge in [-0.15, -0.1) is 0 Å². The number of esters is 2. The van der Waals surface area contributed by atoms with Crippen molar-refractivity contribution in [1.82, 2.24) is 0 Å². The third kappa shape index (κ3) is 23.2. The zero-order valence-electron chi connectivity index (χ0n) is 19.6. The first kappa shape index (κ1) is 30.5. The number of phosphoric ester groups is 1. The molecule has 0 radical (unpaired) electrons. The Labute approximate surface area is 192 Å². The van der Waals surface area contributed by atoms with Crippen molar-refractivity contribution < 1.29 is 37.9 Å². The van der Waals surface area contributed by atoms with Crippen LogP contribution in [0.2, 0.25) is 0 Å². The molecule has 1 unspecified atom stereocenters. The second kappa shape index (κ2) is 20.2. The van der Waals surface area contributed by atoms with Crippen molar-refractivity contribution in [3.63, 3.8) is 0 Å². The Morgan fingerprint density at radius 1 is 0.875 bits per heavy atom. The molecule has 1 atom stereocenters. The zero-order valence-corrected chi connectivity index (χ0v) is 20.5. The van der Waals surface area contributed by atoms with E-state index in [-0.39, 0.29) is 13.0 Å². The summed E-state index contributed by atoms with van der Waals surface area (Å²) in [5.41, 5.74) is 0. The fourth-order valence-electron chi connectivity index (χ4n) is 2.83. The summed E-state index contributed by atoms with van der Waals surface area (Å²) in [4.78, 5) is 40.4. The van der Waals surface area contributed by atoms with Crippen LogP contribution in [0.25, 0.3) is 0 Å². The molecule has 0 aliphatic carbocycles. The minimum Gasteiger partial charge on any atom is -0.462 e. The predicted octanol–water partition coefficient (Wildman–Crippen LogP) is 5.38. The van der Waals surface area contributed by atoms with Gasteiger partial charge in [-0.2, -0.15) is 0 Å². The summed E-state index contributed by atoms with van der Waals surface area (Å²) in [6.45, 7) is 2.53. The quantitative estimate of drug-likeness (QED) is 0.104. The largest absolute Gasteiger partial charge is 0.469 e. The van der Waals surface area contributed by atoms with E-state index >= 15 is 0 Å². The van der Waals surface area contributed by atoms with Crippen LogP contribution in [0, 0.1) is 0 Å². The lowest BCUT2D eigenvalue weighted by atomic mass is 10.1. The van der Waals surface area contributed by atoms with Crippen LogP contribution in [0.1, 0.15) is 90.9 Å². The molecule has 0 aromatic heterocycles. The monoisotopic (exact) mass is 476 g/mol. The Morgan fingerprint density at radius 2 is 1.47 bits per heavy atom. The molecule has 0 saturated carbocycles. The van der Waals surface area contributed by atoms with E-state index in [0.717, 1.165) is 38.5 Å². The summed E-state index contributed by atoms with van der Waals surface area (Å²) in [5, 5.41) is 0. The van der Waals surface area contributed by atoms with Crippen LogP contribution in [0.4, 0.5) is 0 Å². The lowest BCUT2D eigenvalue weighted by Crippen LogP contribution is -2.29. The average Bonchev–Trinajstić information content (AvgIpc) is 2.72. The van der Waals surface area contributed by atoms with Crippen LogP contribution in [-0.2, 0) is 28.2 Å². The Hall–Kier alpha value is -1.47. The molecule has 0 amide bonds. The molecule has 0 bridgehead atoms. The Balaban J connectivity index is 3.81. The molecule has 186 valence electrons. The fourth-order valence-corrected chi connectivity index (χ4v) is 3.19. The van der Waals surface area contributed by atoms with Crippen LogP contribution in [-0.4, -0.2) is 41.0 Å². The maximum absolute atomic E-state index is 11.9. The molecule has 0 heterocycles. The lowest BCUT2D eigenvalue weighted by Gasteiger charge is -2.18. The number of ether oxygens (including phenoxy) is 2. The van der Waals surface area contributed by atoms with Crippen LogP contribution in [0.15, 0.2) is 24.3 Å². The van der Waals surface area contributed by atoms with E-state index in [1.165, 1.54) is 32.6 Å². The van der Waals surface area contributed by atoms with E-state index in [9.17, 15) is 14.2 Å². The summed E-state index contributed by atoms with van der Waals surface area (Å²) in [7, 11) is -4.70. The highest BCUT2D eigenvalue weighted by Gasteiger charge is 2.22. The number of rotatable bonds is 20. The van der Waals surface area contributed by atoms with Crippen LogP contribution in [0.3, 0.4) is 0 Å². The molecular formula is C23H41O8P. The van der Waals surface area contributed by atoms with Gasteiger partial charge in [-0.1, -0.05) is 63.3 Å². The maximum atomic E-state index is 11.9. The van der Waals surface area contributed by atoms with Crippen molar-refractivity contribution in [2.75, 3.05) is 13.2 Å². The number of hydrogen-bond donors (Lipinski definition) is 2. The normalized spacial score (nSPS) is 13.0. The zero-order chi connectivity index (χ0) is 24.1. The van der Waals surface area contributed by atoms with Gasteiger partial charge in [0.1, 0.15) is 6.61 Å². The SMILES string of the molecule is CCCCC/C=C\C/C=C\CCCCCCCC(=O)OC(COC(C)=O)COP(=O)(O)O. The third-order valence-electron chi connectivity index (χ3n) is 4.53. The highest BCUT2D eigenvalue weighted by molar-refractivity contribution is 7.46. The molecule has 0 saturated heterocycles. The minimum absolute atomic E-state index is 0.191. The van der Waals surface area contributed by atoms with E-state index in [0.29, 0.717) is 6.42 Å². The minimum atomic E-state index is -4.70. The topological polar surface area (TPSA) is 119 Å². The van der Waals surface area contributed by atoms with E-state index < -0.39 is 32.5 Å². The molecule has 0 aliphatic rings. The molecule has 9 heteroatoms. The predicted molar refractivity (Wildman–Crippen MR) is 124 cm³/mol. The van der Waals surface area contributed by atoms with Crippen LogP contribution < -0.4 is 0 Å². The number of allylic oxidation sites excluding steroid dienone is 4. The van der Waals surface area contributed by atoms with Gasteiger partial charge < -0.3 is 19.3 Å². The molecule has 0 aromatic rings. The maximum Gasteiger partial charge on any atom is 0.469 e. The highest BCUT2D eigenvalue weighted by atomic mass is 31.2. The van der Waals surface area contributed by atoms with Gasteiger partial charge in [-0.05, 0) is 38.5 Å². The standard InChI is InChI=1S/C23H41O8P/c1-3-4-5-6-7-8-9-10-11-12-13-14-15-16-17-18-23(25)31-22(19-29-21(2)24)20-30-32(26,27)28/h7-8,10-11,22H,3-6,9,12-20H2,1-2H3,(H2,26,27,28)/b8-7-,11-10-. The van der Waals surface area contributed by atoms with E-state index in [1.807, 2.05) is 0 Å². The summed E-state index contributed by atoms with van der Waals surface area (Å²) < 4.78 is 25.0. The number of carbonyl (C=O) groups is 2. The molecule has 0 spiro atoms. The second-order valence-electron chi connectivity index (χ2n) is 7.68. The Kier molecular flexibility index (Phi) is 19.2. The van der Waals surface area contributed by atoms with Gasteiger partial charge in [0.25, 0.3) is 0 Å². The van der Waals surface area contributed by atoms with Gasteiger partial charge in [-0.25, -0.2) is 4.57 Å². The van der Waals surface area contributed by atoms with Gasteiger partial charge >= 0.3 is 19.8 Å². The van der Waals surface area contributed by atoms with Crippen molar-refractivity contribution in [1.29, 1.82) is 0 Å². The fraction of sp³-hybridized carbons (Fsp3) is 0.739. The molecular weight excluding hydrogens is 435 g/mol. The molecule has 0 rings (SSSR count). The van der Waals surface area contributed by atoms with Gasteiger partial charge in [0.15, 0.2) is 6.10 Å². The van der Waals surface area contributed by atoms with Crippen molar-refractivity contribution in [3.05, 3.63) is 24.3 Å². The molecule has 0 aromatic carbocycles. The van der Waals surface area contributed by atoms with Crippen molar-refractivity contribution in [2.24, 2.45) is 0 Å². The smallest absolute Gasteiger partial charge is 0.462 e. The van der Waals surface area contributed by atoms with E-state index in [1.54, 1.807) is 0 Å². The Bertz CT molecular complexity index is 597. The molecule has 8 nitrogen and oxygen atoms in total. The van der Waals surface area contributed by atoms with Gasteiger partial charge in [0.2, 0.25) is 0 Å².